The topological polar surface area (TPSA) is 78.0 Å². The standard InChI is InChI=1S/C23H33N3O4S/c1-4-25(5-2)31(29,30)19-10-6-16(3)20(14-19)23(28)24-13-12-21-17(15-24)7-11-22(27)26(21)18-8-9-18/h6,10,14,17-18,21H,4-5,7-9,11-13,15H2,1-3H3/t17-,21-/m0/s1. The van der Waals surface area contributed by atoms with Crippen LogP contribution in [-0.4, -0.2) is 72.6 Å². The summed E-state index contributed by atoms with van der Waals surface area (Å²) in [6.07, 6.45) is 4.40. The quantitative estimate of drug-likeness (QED) is 0.672. The van der Waals surface area contributed by atoms with Crippen molar-refractivity contribution in [1.29, 1.82) is 0 Å². The molecule has 8 heteroatoms. The Balaban J connectivity index is 1.54. The van der Waals surface area contributed by atoms with Crippen molar-refractivity contribution >= 4 is 21.8 Å². The minimum absolute atomic E-state index is 0.109. The predicted molar refractivity (Wildman–Crippen MR) is 118 cm³/mol. The molecule has 3 aliphatic rings. The lowest BCUT2D eigenvalue weighted by Gasteiger charge is -2.47. The van der Waals surface area contributed by atoms with E-state index in [4.69, 9.17) is 0 Å². The molecule has 2 heterocycles. The maximum absolute atomic E-state index is 13.4. The molecule has 1 aromatic carbocycles. The lowest BCUT2D eigenvalue weighted by atomic mass is 9.83. The summed E-state index contributed by atoms with van der Waals surface area (Å²) in [5, 5.41) is 0. The smallest absolute Gasteiger partial charge is 0.254 e. The summed E-state index contributed by atoms with van der Waals surface area (Å²) in [5.74, 6) is 0.468. The Morgan fingerprint density at radius 1 is 1.13 bits per heavy atom. The Hall–Kier alpha value is -1.93. The SMILES string of the molecule is CCN(CC)S(=O)(=O)c1ccc(C)c(C(=O)N2CC[C@H]3[C@@H](CCC(=O)N3C3CC3)C2)c1. The van der Waals surface area contributed by atoms with Crippen molar-refractivity contribution in [1.82, 2.24) is 14.1 Å². The van der Waals surface area contributed by atoms with Gasteiger partial charge in [0.25, 0.3) is 5.91 Å². The Kier molecular flexibility index (Phi) is 6.14. The number of benzene rings is 1. The second-order valence-corrected chi connectivity index (χ2v) is 10.9. The summed E-state index contributed by atoms with van der Waals surface area (Å²) in [6, 6.07) is 5.51. The third-order valence-corrected chi connectivity index (χ3v) is 9.12. The molecule has 3 fully saturated rings. The number of amides is 2. The van der Waals surface area contributed by atoms with Crippen LogP contribution in [0.4, 0.5) is 0 Å². The summed E-state index contributed by atoms with van der Waals surface area (Å²) in [7, 11) is -3.62. The van der Waals surface area contributed by atoms with Crippen molar-refractivity contribution in [2.45, 2.75) is 69.9 Å². The van der Waals surface area contributed by atoms with Gasteiger partial charge in [0.15, 0.2) is 0 Å². The van der Waals surface area contributed by atoms with E-state index in [1.807, 2.05) is 25.7 Å². The van der Waals surface area contributed by atoms with Crippen molar-refractivity contribution in [2.75, 3.05) is 26.2 Å². The predicted octanol–water partition coefficient (Wildman–Crippen LogP) is 2.64. The lowest BCUT2D eigenvalue weighted by molar-refractivity contribution is -0.141. The molecule has 1 saturated carbocycles. The average Bonchev–Trinajstić information content (AvgIpc) is 3.58. The molecule has 2 aliphatic heterocycles. The van der Waals surface area contributed by atoms with Gasteiger partial charge in [-0.15, -0.1) is 0 Å². The summed E-state index contributed by atoms with van der Waals surface area (Å²) in [6.45, 7) is 7.48. The maximum Gasteiger partial charge on any atom is 0.254 e. The van der Waals surface area contributed by atoms with Gasteiger partial charge in [0, 0.05) is 50.2 Å². The molecule has 170 valence electrons. The first-order chi connectivity index (χ1) is 14.8. The zero-order valence-electron chi connectivity index (χ0n) is 18.7. The minimum atomic E-state index is -3.62. The molecule has 0 bridgehead atoms. The van der Waals surface area contributed by atoms with E-state index in [2.05, 4.69) is 4.90 Å². The van der Waals surface area contributed by atoms with Gasteiger partial charge < -0.3 is 9.80 Å². The second kappa shape index (κ2) is 8.54. The first-order valence-electron chi connectivity index (χ1n) is 11.5. The molecule has 0 aromatic heterocycles. The van der Waals surface area contributed by atoms with Gasteiger partial charge in [0.05, 0.1) is 4.90 Å². The number of carbonyl (C=O) groups excluding carboxylic acids is 2. The number of likely N-dealkylation sites (tertiary alicyclic amines) is 2. The number of sulfonamides is 1. The van der Waals surface area contributed by atoms with E-state index in [0.717, 1.165) is 31.2 Å². The second-order valence-electron chi connectivity index (χ2n) is 9.00. The van der Waals surface area contributed by atoms with Gasteiger partial charge in [0.2, 0.25) is 15.9 Å². The van der Waals surface area contributed by atoms with Crippen LogP contribution in [0.1, 0.15) is 61.9 Å². The maximum atomic E-state index is 13.4. The van der Waals surface area contributed by atoms with Gasteiger partial charge in [-0.3, -0.25) is 9.59 Å². The summed E-state index contributed by atoms with van der Waals surface area (Å²) < 4.78 is 27.3. The highest BCUT2D eigenvalue weighted by molar-refractivity contribution is 7.89. The van der Waals surface area contributed by atoms with Gasteiger partial charge in [-0.05, 0) is 56.2 Å². The van der Waals surface area contributed by atoms with Crippen molar-refractivity contribution in [3.05, 3.63) is 29.3 Å². The monoisotopic (exact) mass is 447 g/mol. The normalized spacial score (nSPS) is 24.5. The van der Waals surface area contributed by atoms with Crippen molar-refractivity contribution in [2.24, 2.45) is 5.92 Å². The first-order valence-corrected chi connectivity index (χ1v) is 12.9. The summed E-state index contributed by atoms with van der Waals surface area (Å²) >= 11 is 0. The van der Waals surface area contributed by atoms with Gasteiger partial charge >= 0.3 is 0 Å². The van der Waals surface area contributed by atoms with Crippen LogP contribution in [0, 0.1) is 12.8 Å². The van der Waals surface area contributed by atoms with Crippen LogP contribution in [0.15, 0.2) is 23.1 Å². The molecular weight excluding hydrogens is 414 g/mol. The van der Waals surface area contributed by atoms with Crippen LogP contribution in [0.3, 0.4) is 0 Å². The van der Waals surface area contributed by atoms with Crippen LogP contribution in [-0.2, 0) is 14.8 Å². The minimum Gasteiger partial charge on any atom is -0.338 e. The van der Waals surface area contributed by atoms with Crippen LogP contribution in [0.5, 0.6) is 0 Å². The molecule has 0 radical (unpaired) electrons. The Labute approximate surface area is 185 Å². The highest BCUT2D eigenvalue weighted by Gasteiger charge is 2.46. The largest absolute Gasteiger partial charge is 0.338 e. The Morgan fingerprint density at radius 3 is 2.48 bits per heavy atom. The van der Waals surface area contributed by atoms with Crippen LogP contribution < -0.4 is 0 Å². The number of carbonyl (C=O) groups is 2. The van der Waals surface area contributed by atoms with E-state index < -0.39 is 10.0 Å². The Bertz CT molecular complexity index is 969. The van der Waals surface area contributed by atoms with Crippen LogP contribution in [0.2, 0.25) is 0 Å². The van der Waals surface area contributed by atoms with Gasteiger partial charge in [-0.2, -0.15) is 4.31 Å². The fraction of sp³-hybridized carbons (Fsp3) is 0.652. The van der Waals surface area contributed by atoms with E-state index >= 15 is 0 Å². The van der Waals surface area contributed by atoms with Gasteiger partial charge in [-0.1, -0.05) is 19.9 Å². The average molecular weight is 448 g/mol. The van der Waals surface area contributed by atoms with Crippen molar-refractivity contribution in [3.63, 3.8) is 0 Å². The molecule has 7 nitrogen and oxygen atoms in total. The number of aryl methyl sites for hydroxylation is 1. The molecule has 2 atom stereocenters. The Morgan fingerprint density at radius 2 is 1.84 bits per heavy atom. The van der Waals surface area contributed by atoms with E-state index in [1.165, 1.54) is 10.4 Å². The van der Waals surface area contributed by atoms with E-state index in [0.29, 0.717) is 50.1 Å². The third kappa shape index (κ3) is 4.12. The van der Waals surface area contributed by atoms with Crippen LogP contribution >= 0.6 is 0 Å². The van der Waals surface area contributed by atoms with Gasteiger partial charge in [-0.25, -0.2) is 8.42 Å². The van der Waals surface area contributed by atoms with E-state index in [-0.39, 0.29) is 22.8 Å². The van der Waals surface area contributed by atoms with E-state index in [9.17, 15) is 18.0 Å². The van der Waals surface area contributed by atoms with E-state index in [1.54, 1.807) is 12.1 Å². The van der Waals surface area contributed by atoms with Crippen molar-refractivity contribution < 1.29 is 18.0 Å². The zero-order valence-corrected chi connectivity index (χ0v) is 19.5. The molecule has 2 amide bonds. The number of fused-ring (bicyclic) bond motifs is 1. The fourth-order valence-corrected chi connectivity index (χ4v) is 6.66. The van der Waals surface area contributed by atoms with Crippen LogP contribution in [0.25, 0.3) is 0 Å². The first kappa shape index (κ1) is 22.3. The zero-order chi connectivity index (χ0) is 22.3. The summed E-state index contributed by atoms with van der Waals surface area (Å²) in [5.41, 5.74) is 1.24. The number of hydrogen-bond acceptors (Lipinski definition) is 4. The molecule has 1 aromatic rings. The molecule has 2 saturated heterocycles. The summed E-state index contributed by atoms with van der Waals surface area (Å²) in [4.78, 5) is 30.0. The number of piperidine rings is 2. The molecule has 0 spiro atoms. The highest BCUT2D eigenvalue weighted by Crippen LogP contribution is 2.39. The number of nitrogens with zero attached hydrogens (tertiary/aromatic N) is 3. The molecule has 4 rings (SSSR count). The lowest BCUT2D eigenvalue weighted by Crippen LogP contribution is -2.57. The number of hydrogen-bond donors (Lipinski definition) is 0. The molecule has 1 aliphatic carbocycles. The van der Waals surface area contributed by atoms with Crippen molar-refractivity contribution in [3.8, 4) is 0 Å². The van der Waals surface area contributed by atoms with Gasteiger partial charge in [0.1, 0.15) is 0 Å². The molecule has 31 heavy (non-hydrogen) atoms. The molecule has 0 N–H and O–H groups in total. The molecular formula is C23H33N3O4S. The molecule has 0 unspecified atom stereocenters. The fourth-order valence-electron chi connectivity index (χ4n) is 5.18. The third-order valence-electron chi connectivity index (χ3n) is 7.08. The number of rotatable bonds is 6. The highest BCUT2D eigenvalue weighted by atomic mass is 32.2.